The lowest BCUT2D eigenvalue weighted by molar-refractivity contribution is 0.346. The van der Waals surface area contributed by atoms with Crippen molar-refractivity contribution in [2.45, 2.75) is 50.5 Å². The number of piperidine rings is 1. The Labute approximate surface area is 153 Å². The lowest BCUT2D eigenvalue weighted by Gasteiger charge is -2.25. The van der Waals surface area contributed by atoms with Crippen LogP contribution in [0, 0.1) is 0 Å². The smallest absolute Gasteiger partial charge is 0.243 e. The van der Waals surface area contributed by atoms with Gasteiger partial charge in [0, 0.05) is 25.6 Å². The molecule has 0 saturated carbocycles. The number of nitrogens with zero attached hydrogens (tertiary/aromatic N) is 3. The van der Waals surface area contributed by atoms with Gasteiger partial charge in [-0.1, -0.05) is 43.7 Å². The van der Waals surface area contributed by atoms with Crippen molar-refractivity contribution in [1.82, 2.24) is 14.5 Å². The third kappa shape index (κ3) is 4.37. The fourth-order valence-corrected chi connectivity index (χ4v) is 5.01. The van der Waals surface area contributed by atoms with Gasteiger partial charge in [0.05, 0.1) is 4.90 Å². The van der Waals surface area contributed by atoms with Crippen LogP contribution in [0.15, 0.2) is 29.2 Å². The van der Waals surface area contributed by atoms with Gasteiger partial charge >= 0.3 is 0 Å². The van der Waals surface area contributed by atoms with Gasteiger partial charge in [0.25, 0.3) is 0 Å². The highest BCUT2D eigenvalue weighted by atomic mass is 32.2. The minimum atomic E-state index is -3.36. The summed E-state index contributed by atoms with van der Waals surface area (Å²) < 4.78 is 26.9. The van der Waals surface area contributed by atoms with Crippen molar-refractivity contribution in [2.75, 3.05) is 18.4 Å². The lowest BCUT2D eigenvalue weighted by Crippen LogP contribution is -2.35. The van der Waals surface area contributed by atoms with Crippen LogP contribution in [0.4, 0.5) is 5.13 Å². The molecule has 2 aromatic rings. The molecule has 0 bridgehead atoms. The molecule has 1 fully saturated rings. The van der Waals surface area contributed by atoms with Crippen LogP contribution < -0.4 is 5.32 Å². The average molecular weight is 381 g/mol. The summed E-state index contributed by atoms with van der Waals surface area (Å²) in [5.74, 6) is 0.368. The van der Waals surface area contributed by atoms with Crippen molar-refractivity contribution in [1.29, 1.82) is 0 Å². The Bertz CT molecular complexity index is 794. The molecule has 0 amide bonds. The molecule has 1 N–H and O–H groups in total. The van der Waals surface area contributed by atoms with Gasteiger partial charge in [-0.25, -0.2) is 8.42 Å². The zero-order chi connectivity index (χ0) is 17.9. The molecule has 0 unspecified atom stereocenters. The largest absolute Gasteiger partial charge is 0.356 e. The Morgan fingerprint density at radius 3 is 2.40 bits per heavy atom. The number of rotatable bonds is 6. The van der Waals surface area contributed by atoms with Crippen molar-refractivity contribution in [3.05, 3.63) is 34.8 Å². The third-order valence-electron chi connectivity index (χ3n) is 4.25. The zero-order valence-electron chi connectivity index (χ0n) is 14.6. The van der Waals surface area contributed by atoms with Gasteiger partial charge in [-0.05, 0) is 30.5 Å². The Morgan fingerprint density at radius 1 is 1.12 bits per heavy atom. The monoisotopic (exact) mass is 380 g/mol. The van der Waals surface area contributed by atoms with Gasteiger partial charge in [-0.15, -0.1) is 10.2 Å². The van der Waals surface area contributed by atoms with E-state index in [0.29, 0.717) is 30.4 Å². The van der Waals surface area contributed by atoms with Crippen LogP contribution in [-0.2, 0) is 16.6 Å². The first-order chi connectivity index (χ1) is 12.0. The molecule has 1 aromatic carbocycles. The van der Waals surface area contributed by atoms with Gasteiger partial charge in [-0.2, -0.15) is 4.31 Å². The van der Waals surface area contributed by atoms with Crippen molar-refractivity contribution >= 4 is 26.5 Å². The second-order valence-corrected chi connectivity index (χ2v) is 9.51. The van der Waals surface area contributed by atoms with E-state index in [0.717, 1.165) is 35.0 Å². The van der Waals surface area contributed by atoms with E-state index in [1.807, 2.05) is 12.1 Å². The zero-order valence-corrected chi connectivity index (χ0v) is 16.2. The second-order valence-electron chi connectivity index (χ2n) is 6.56. The molecule has 8 heteroatoms. The van der Waals surface area contributed by atoms with E-state index in [9.17, 15) is 8.42 Å². The summed E-state index contributed by atoms with van der Waals surface area (Å²) in [5.41, 5.74) is 1.01. The Balaban J connectivity index is 1.63. The van der Waals surface area contributed by atoms with Crippen molar-refractivity contribution < 1.29 is 8.42 Å². The van der Waals surface area contributed by atoms with Crippen molar-refractivity contribution in [3.63, 3.8) is 0 Å². The molecule has 3 rings (SSSR count). The van der Waals surface area contributed by atoms with Gasteiger partial charge in [0.1, 0.15) is 5.01 Å². The second kappa shape index (κ2) is 7.80. The number of benzene rings is 1. The molecule has 1 aliphatic heterocycles. The molecule has 0 spiro atoms. The quantitative estimate of drug-likeness (QED) is 0.831. The molecular weight excluding hydrogens is 356 g/mol. The molecule has 2 heterocycles. The first-order valence-electron chi connectivity index (χ1n) is 8.63. The Morgan fingerprint density at radius 2 is 1.80 bits per heavy atom. The molecular formula is C17H24N4O2S2. The van der Waals surface area contributed by atoms with Gasteiger partial charge in [0.15, 0.2) is 0 Å². The fraction of sp³-hybridized carbons (Fsp3) is 0.529. The maximum atomic E-state index is 12.6. The van der Waals surface area contributed by atoms with Crippen LogP contribution in [0.2, 0.25) is 0 Å². The summed E-state index contributed by atoms with van der Waals surface area (Å²) >= 11 is 1.55. The number of nitrogens with one attached hydrogen (secondary N) is 1. The predicted molar refractivity (Wildman–Crippen MR) is 100 cm³/mol. The summed E-state index contributed by atoms with van der Waals surface area (Å²) in [6.45, 7) is 6.02. The van der Waals surface area contributed by atoms with E-state index in [2.05, 4.69) is 29.4 Å². The van der Waals surface area contributed by atoms with E-state index < -0.39 is 10.0 Å². The molecule has 136 valence electrons. The van der Waals surface area contributed by atoms with Crippen LogP contribution in [0.3, 0.4) is 0 Å². The molecule has 25 heavy (non-hydrogen) atoms. The number of anilines is 1. The van der Waals surface area contributed by atoms with E-state index in [1.54, 1.807) is 27.8 Å². The summed E-state index contributed by atoms with van der Waals surface area (Å²) in [4.78, 5) is 0.371. The maximum absolute atomic E-state index is 12.6. The lowest BCUT2D eigenvalue weighted by atomic mass is 10.2. The molecule has 0 atom stereocenters. The average Bonchev–Trinajstić information content (AvgIpc) is 3.10. The minimum Gasteiger partial charge on any atom is -0.356 e. The molecule has 6 nitrogen and oxygen atoms in total. The summed E-state index contributed by atoms with van der Waals surface area (Å²) in [5, 5.41) is 13.3. The predicted octanol–water partition coefficient (Wildman–Crippen LogP) is 3.45. The highest BCUT2D eigenvalue weighted by molar-refractivity contribution is 7.89. The van der Waals surface area contributed by atoms with Crippen LogP contribution in [-0.4, -0.2) is 36.0 Å². The normalized spacial score (nSPS) is 16.3. The SMILES string of the molecule is CC(C)c1nnc(NCc2ccc(S(=O)(=O)N3CCCCC3)cc2)s1. The van der Waals surface area contributed by atoms with E-state index in [1.165, 1.54) is 0 Å². The van der Waals surface area contributed by atoms with Gasteiger partial charge in [-0.3, -0.25) is 0 Å². The highest BCUT2D eigenvalue weighted by Gasteiger charge is 2.25. The van der Waals surface area contributed by atoms with E-state index >= 15 is 0 Å². The molecule has 1 aromatic heterocycles. The van der Waals surface area contributed by atoms with Crippen LogP contribution in [0.1, 0.15) is 49.6 Å². The first-order valence-corrected chi connectivity index (χ1v) is 10.9. The van der Waals surface area contributed by atoms with Gasteiger partial charge < -0.3 is 5.32 Å². The first kappa shape index (κ1) is 18.3. The van der Waals surface area contributed by atoms with E-state index in [-0.39, 0.29) is 0 Å². The van der Waals surface area contributed by atoms with Crippen LogP contribution in [0.25, 0.3) is 0 Å². The third-order valence-corrected chi connectivity index (χ3v) is 7.35. The standard InChI is InChI=1S/C17H24N4O2S2/c1-13(2)16-19-20-17(24-16)18-12-14-6-8-15(9-7-14)25(22,23)21-10-4-3-5-11-21/h6-9,13H,3-5,10-12H2,1-2H3,(H,18,20). The summed E-state index contributed by atoms with van der Waals surface area (Å²) in [7, 11) is -3.36. The van der Waals surface area contributed by atoms with Crippen LogP contribution in [0.5, 0.6) is 0 Å². The van der Waals surface area contributed by atoms with E-state index in [4.69, 9.17) is 0 Å². The van der Waals surface area contributed by atoms with Gasteiger partial charge in [0.2, 0.25) is 15.2 Å². The summed E-state index contributed by atoms with van der Waals surface area (Å²) in [6, 6.07) is 7.10. The maximum Gasteiger partial charge on any atom is 0.243 e. The van der Waals surface area contributed by atoms with Crippen molar-refractivity contribution in [3.8, 4) is 0 Å². The fourth-order valence-electron chi connectivity index (χ4n) is 2.75. The highest BCUT2D eigenvalue weighted by Crippen LogP contribution is 2.24. The minimum absolute atomic E-state index is 0.368. The molecule has 0 aliphatic carbocycles. The molecule has 1 aliphatic rings. The summed E-state index contributed by atoms with van der Waals surface area (Å²) in [6.07, 6.45) is 3.00. The number of sulfonamides is 1. The van der Waals surface area contributed by atoms with Crippen LogP contribution >= 0.6 is 11.3 Å². The topological polar surface area (TPSA) is 75.2 Å². The Kier molecular flexibility index (Phi) is 5.71. The number of hydrogen-bond acceptors (Lipinski definition) is 6. The number of hydrogen-bond donors (Lipinski definition) is 1. The number of aromatic nitrogens is 2. The molecule has 1 saturated heterocycles. The Hall–Kier alpha value is -1.51. The molecule has 0 radical (unpaired) electrons. The van der Waals surface area contributed by atoms with Crippen molar-refractivity contribution in [2.24, 2.45) is 0 Å².